The molecule has 4 nitrogen and oxygen atoms in total. The van der Waals surface area contributed by atoms with Gasteiger partial charge in [0.05, 0.1) is 6.21 Å². The Morgan fingerprint density at radius 2 is 2.29 bits per heavy atom. The number of benzene rings is 1. The summed E-state index contributed by atoms with van der Waals surface area (Å²) >= 11 is 0. The molecule has 70 valence electrons. The molecule has 2 N–H and O–H groups in total. The van der Waals surface area contributed by atoms with E-state index in [9.17, 15) is 4.79 Å². The molecule has 0 saturated heterocycles. The van der Waals surface area contributed by atoms with Crippen molar-refractivity contribution in [3.63, 3.8) is 0 Å². The second-order valence-corrected chi connectivity index (χ2v) is 2.82. The Morgan fingerprint density at radius 1 is 1.43 bits per heavy atom. The zero-order valence-corrected chi connectivity index (χ0v) is 7.31. The number of fused-ring (bicyclic) bond motifs is 1. The molecule has 4 heteroatoms. The summed E-state index contributed by atoms with van der Waals surface area (Å²) in [6.45, 7) is 0. The van der Waals surface area contributed by atoms with E-state index in [1.165, 1.54) is 6.21 Å². The van der Waals surface area contributed by atoms with E-state index in [4.69, 9.17) is 10.6 Å². The number of oxime groups is 1. The van der Waals surface area contributed by atoms with Gasteiger partial charge in [0.2, 0.25) is 5.91 Å². The van der Waals surface area contributed by atoms with Gasteiger partial charge in [-0.3, -0.25) is 4.79 Å². The summed E-state index contributed by atoms with van der Waals surface area (Å²) in [4.78, 5) is 15.9. The van der Waals surface area contributed by atoms with Crippen molar-refractivity contribution in [3.8, 4) is 5.75 Å². The highest BCUT2D eigenvalue weighted by atomic mass is 16.6. The molecule has 1 aliphatic rings. The maximum Gasteiger partial charge on any atom is 0.248 e. The summed E-state index contributed by atoms with van der Waals surface area (Å²) in [7, 11) is 0. The lowest BCUT2D eigenvalue weighted by Crippen LogP contribution is -2.10. The van der Waals surface area contributed by atoms with Crippen LogP contribution in [0.1, 0.15) is 15.9 Å². The fourth-order valence-corrected chi connectivity index (χ4v) is 1.18. The standard InChI is InChI=1S/C10H8N2O2/c11-10(13)8-3-4-9-7(6-8)2-1-5-12-14-9/h1-6H,(H2,11,13). The summed E-state index contributed by atoms with van der Waals surface area (Å²) in [5.74, 6) is 0.159. The molecule has 0 bridgehead atoms. The lowest BCUT2D eigenvalue weighted by Gasteiger charge is -2.03. The Balaban J connectivity index is 2.49. The molecular weight excluding hydrogens is 180 g/mol. The zero-order chi connectivity index (χ0) is 9.97. The molecule has 1 aromatic carbocycles. The van der Waals surface area contributed by atoms with Gasteiger partial charge in [-0.05, 0) is 30.4 Å². The van der Waals surface area contributed by atoms with Crippen LogP contribution in [0.5, 0.6) is 5.75 Å². The Hall–Kier alpha value is -2.10. The first kappa shape index (κ1) is 8.50. The van der Waals surface area contributed by atoms with Crippen LogP contribution in [0.4, 0.5) is 0 Å². The van der Waals surface area contributed by atoms with Crippen LogP contribution in [-0.4, -0.2) is 12.1 Å². The number of nitrogens with two attached hydrogens (primary N) is 1. The summed E-state index contributed by atoms with van der Waals surface area (Å²) in [6.07, 6.45) is 5.07. The molecule has 0 radical (unpaired) electrons. The van der Waals surface area contributed by atoms with Crippen molar-refractivity contribution < 1.29 is 9.63 Å². The van der Waals surface area contributed by atoms with Crippen LogP contribution in [0.25, 0.3) is 6.08 Å². The minimum absolute atomic E-state index is 0.452. The van der Waals surface area contributed by atoms with Gasteiger partial charge >= 0.3 is 0 Å². The molecule has 0 aromatic heterocycles. The van der Waals surface area contributed by atoms with Crippen molar-refractivity contribution in [2.45, 2.75) is 0 Å². The third-order valence-electron chi connectivity index (χ3n) is 1.87. The van der Waals surface area contributed by atoms with E-state index in [0.717, 1.165) is 5.56 Å². The first-order chi connectivity index (χ1) is 6.77. The monoisotopic (exact) mass is 188 g/mol. The third-order valence-corrected chi connectivity index (χ3v) is 1.87. The number of primary amides is 1. The van der Waals surface area contributed by atoms with E-state index in [-0.39, 0.29) is 0 Å². The van der Waals surface area contributed by atoms with Gasteiger partial charge in [0.15, 0.2) is 5.75 Å². The first-order valence-electron chi connectivity index (χ1n) is 4.08. The van der Waals surface area contributed by atoms with Crippen LogP contribution in [0.2, 0.25) is 0 Å². The average molecular weight is 188 g/mol. The summed E-state index contributed by atoms with van der Waals surface area (Å²) in [5.41, 5.74) is 6.40. The lowest BCUT2D eigenvalue weighted by molar-refractivity contribution is 0.1000. The van der Waals surface area contributed by atoms with Gasteiger partial charge in [-0.25, -0.2) is 0 Å². The highest BCUT2D eigenvalue weighted by Gasteiger charge is 2.07. The van der Waals surface area contributed by atoms with Gasteiger partial charge in [-0.2, -0.15) is 0 Å². The van der Waals surface area contributed by atoms with Gasteiger partial charge < -0.3 is 10.6 Å². The predicted octanol–water partition coefficient (Wildman–Crippen LogP) is 1.18. The lowest BCUT2D eigenvalue weighted by atomic mass is 10.1. The summed E-state index contributed by atoms with van der Waals surface area (Å²) in [5, 5.41) is 3.66. The largest absolute Gasteiger partial charge is 0.366 e. The van der Waals surface area contributed by atoms with Crippen LogP contribution in [0.15, 0.2) is 29.4 Å². The molecule has 0 saturated carbocycles. The number of rotatable bonds is 1. The normalized spacial score (nSPS) is 12.9. The topological polar surface area (TPSA) is 64.7 Å². The van der Waals surface area contributed by atoms with Crippen LogP contribution in [0, 0.1) is 0 Å². The molecule has 1 aliphatic heterocycles. The molecular formula is C10H8N2O2. The van der Waals surface area contributed by atoms with E-state index in [2.05, 4.69) is 5.16 Å². The fraction of sp³-hybridized carbons (Fsp3) is 0. The Bertz CT molecular complexity index is 436. The van der Waals surface area contributed by atoms with Gasteiger partial charge in [0, 0.05) is 11.1 Å². The smallest absolute Gasteiger partial charge is 0.248 e. The molecule has 0 fully saturated rings. The number of allylic oxidation sites excluding steroid dienone is 1. The van der Waals surface area contributed by atoms with Crippen molar-refractivity contribution in [2.75, 3.05) is 0 Å². The molecule has 2 rings (SSSR count). The molecule has 14 heavy (non-hydrogen) atoms. The second-order valence-electron chi connectivity index (χ2n) is 2.82. The predicted molar refractivity (Wildman–Crippen MR) is 53.1 cm³/mol. The van der Waals surface area contributed by atoms with E-state index in [1.807, 2.05) is 0 Å². The van der Waals surface area contributed by atoms with Crippen molar-refractivity contribution in [2.24, 2.45) is 10.9 Å². The molecule has 0 spiro atoms. The van der Waals surface area contributed by atoms with E-state index >= 15 is 0 Å². The number of carbonyl (C=O) groups excluding carboxylic acids is 1. The molecule has 0 atom stereocenters. The number of hydrogen-bond acceptors (Lipinski definition) is 3. The number of hydrogen-bond donors (Lipinski definition) is 1. The van der Waals surface area contributed by atoms with Crippen molar-refractivity contribution in [3.05, 3.63) is 35.4 Å². The fourth-order valence-electron chi connectivity index (χ4n) is 1.18. The van der Waals surface area contributed by atoms with Crippen LogP contribution >= 0.6 is 0 Å². The maximum atomic E-state index is 10.9. The quantitative estimate of drug-likeness (QED) is 0.719. The van der Waals surface area contributed by atoms with E-state index < -0.39 is 5.91 Å². The Kier molecular flexibility index (Phi) is 2.02. The van der Waals surface area contributed by atoms with Gasteiger partial charge in [-0.15, -0.1) is 0 Å². The number of nitrogens with zero attached hydrogens (tertiary/aromatic N) is 1. The molecule has 0 aliphatic carbocycles. The minimum atomic E-state index is -0.452. The SMILES string of the molecule is NC(=O)c1ccc2c(c1)C=CC=NO2. The van der Waals surface area contributed by atoms with Gasteiger partial charge in [0.1, 0.15) is 0 Å². The van der Waals surface area contributed by atoms with Crippen LogP contribution in [-0.2, 0) is 0 Å². The Morgan fingerprint density at radius 3 is 3.07 bits per heavy atom. The summed E-state index contributed by atoms with van der Waals surface area (Å²) < 4.78 is 0. The highest BCUT2D eigenvalue weighted by molar-refractivity contribution is 5.94. The Labute approximate surface area is 80.7 Å². The van der Waals surface area contributed by atoms with Crippen LogP contribution < -0.4 is 10.6 Å². The van der Waals surface area contributed by atoms with Crippen LogP contribution in [0.3, 0.4) is 0 Å². The van der Waals surface area contributed by atoms with Crippen molar-refractivity contribution >= 4 is 18.2 Å². The van der Waals surface area contributed by atoms with Gasteiger partial charge in [0.25, 0.3) is 0 Å². The molecule has 0 unspecified atom stereocenters. The maximum absolute atomic E-state index is 10.9. The summed E-state index contributed by atoms with van der Waals surface area (Å²) in [6, 6.07) is 4.95. The number of carbonyl (C=O) groups is 1. The zero-order valence-electron chi connectivity index (χ0n) is 7.31. The second kappa shape index (κ2) is 3.33. The minimum Gasteiger partial charge on any atom is -0.366 e. The van der Waals surface area contributed by atoms with Crippen molar-refractivity contribution in [1.29, 1.82) is 0 Å². The van der Waals surface area contributed by atoms with E-state index in [1.54, 1.807) is 30.4 Å². The average Bonchev–Trinajstić information content (AvgIpc) is 2.41. The molecule has 1 amide bonds. The highest BCUT2D eigenvalue weighted by Crippen LogP contribution is 2.22. The molecule has 1 heterocycles. The molecule has 1 aromatic rings. The van der Waals surface area contributed by atoms with Gasteiger partial charge in [-0.1, -0.05) is 5.16 Å². The first-order valence-corrected chi connectivity index (χ1v) is 4.08. The third kappa shape index (κ3) is 1.50. The van der Waals surface area contributed by atoms with Crippen molar-refractivity contribution in [1.82, 2.24) is 0 Å². The number of amides is 1. The van der Waals surface area contributed by atoms with E-state index in [0.29, 0.717) is 11.3 Å².